The second-order valence-electron chi connectivity index (χ2n) is 4.65. The van der Waals surface area contributed by atoms with Crippen molar-refractivity contribution in [3.05, 3.63) is 34.3 Å². The third-order valence-corrected chi connectivity index (χ3v) is 3.87. The monoisotopic (exact) mass is 266 g/mol. The highest BCUT2D eigenvalue weighted by Gasteiger charge is 2.16. The number of benzene rings is 1. The average Bonchev–Trinajstić information content (AvgIpc) is 2.41. The molecule has 1 aromatic rings. The highest BCUT2D eigenvalue weighted by atomic mass is 35.5. The smallest absolute Gasteiger partial charge is 0.222 e. The number of hydrogen-bond donors (Lipinski definition) is 1. The Morgan fingerprint density at radius 1 is 1.39 bits per heavy atom. The summed E-state index contributed by atoms with van der Waals surface area (Å²) in [6.45, 7) is 5.47. The number of halogens is 1. The lowest BCUT2D eigenvalue weighted by Crippen LogP contribution is -2.46. The van der Waals surface area contributed by atoms with Crippen LogP contribution in [-0.4, -0.2) is 37.0 Å². The molecule has 1 heterocycles. The van der Waals surface area contributed by atoms with Crippen LogP contribution in [-0.2, 0) is 11.2 Å². The van der Waals surface area contributed by atoms with Gasteiger partial charge < -0.3 is 10.2 Å². The quantitative estimate of drug-likeness (QED) is 0.908. The molecule has 1 aromatic carbocycles. The molecule has 1 fully saturated rings. The average molecular weight is 267 g/mol. The van der Waals surface area contributed by atoms with Crippen molar-refractivity contribution in [1.82, 2.24) is 10.2 Å². The molecule has 1 aliphatic heterocycles. The molecular weight excluding hydrogens is 248 g/mol. The van der Waals surface area contributed by atoms with Gasteiger partial charge in [0, 0.05) is 37.6 Å². The van der Waals surface area contributed by atoms with Crippen LogP contribution in [0.5, 0.6) is 0 Å². The number of aryl methyl sites for hydroxylation is 1. The summed E-state index contributed by atoms with van der Waals surface area (Å²) in [5.41, 5.74) is 2.26. The lowest BCUT2D eigenvalue weighted by atomic mass is 10.0. The summed E-state index contributed by atoms with van der Waals surface area (Å²) >= 11 is 6.07. The molecule has 0 atom stereocenters. The molecule has 2 rings (SSSR count). The van der Waals surface area contributed by atoms with Crippen molar-refractivity contribution in [2.24, 2.45) is 0 Å². The van der Waals surface area contributed by atoms with Crippen LogP contribution in [0.1, 0.15) is 17.5 Å². The van der Waals surface area contributed by atoms with Crippen LogP contribution >= 0.6 is 11.6 Å². The van der Waals surface area contributed by atoms with Gasteiger partial charge in [0.2, 0.25) is 5.91 Å². The maximum absolute atomic E-state index is 12.0. The molecule has 0 unspecified atom stereocenters. The van der Waals surface area contributed by atoms with Crippen LogP contribution in [0, 0.1) is 6.92 Å². The van der Waals surface area contributed by atoms with Crippen molar-refractivity contribution in [2.45, 2.75) is 19.8 Å². The van der Waals surface area contributed by atoms with E-state index >= 15 is 0 Å². The van der Waals surface area contributed by atoms with Crippen molar-refractivity contribution in [1.29, 1.82) is 0 Å². The van der Waals surface area contributed by atoms with Gasteiger partial charge in [-0.3, -0.25) is 4.79 Å². The molecule has 3 nitrogen and oxygen atoms in total. The molecule has 1 aliphatic rings. The molecule has 1 saturated heterocycles. The fourth-order valence-electron chi connectivity index (χ4n) is 2.24. The normalized spacial score (nSPS) is 15.8. The molecular formula is C14H19ClN2O. The van der Waals surface area contributed by atoms with Gasteiger partial charge in [-0.05, 0) is 30.5 Å². The third-order valence-electron chi connectivity index (χ3n) is 3.46. The summed E-state index contributed by atoms with van der Waals surface area (Å²) in [6, 6.07) is 5.88. The van der Waals surface area contributed by atoms with Crippen LogP contribution < -0.4 is 5.32 Å². The van der Waals surface area contributed by atoms with Crippen LogP contribution in [0.25, 0.3) is 0 Å². The van der Waals surface area contributed by atoms with Gasteiger partial charge in [-0.15, -0.1) is 0 Å². The maximum Gasteiger partial charge on any atom is 0.222 e. The van der Waals surface area contributed by atoms with Crippen molar-refractivity contribution in [2.75, 3.05) is 26.2 Å². The van der Waals surface area contributed by atoms with Gasteiger partial charge in [-0.25, -0.2) is 0 Å². The van der Waals surface area contributed by atoms with Gasteiger partial charge in [0.15, 0.2) is 0 Å². The summed E-state index contributed by atoms with van der Waals surface area (Å²) < 4.78 is 0. The number of amides is 1. The molecule has 0 aliphatic carbocycles. The van der Waals surface area contributed by atoms with Crippen molar-refractivity contribution in [3.63, 3.8) is 0 Å². The van der Waals surface area contributed by atoms with Crippen LogP contribution in [0.15, 0.2) is 18.2 Å². The number of rotatable bonds is 3. The Morgan fingerprint density at radius 3 is 2.83 bits per heavy atom. The minimum Gasteiger partial charge on any atom is -0.340 e. The van der Waals surface area contributed by atoms with E-state index in [1.165, 1.54) is 5.56 Å². The number of nitrogens with zero attached hydrogens (tertiary/aromatic N) is 1. The predicted molar refractivity (Wildman–Crippen MR) is 74.0 cm³/mol. The van der Waals surface area contributed by atoms with E-state index in [9.17, 15) is 4.79 Å². The highest BCUT2D eigenvalue weighted by molar-refractivity contribution is 6.31. The Labute approximate surface area is 113 Å². The van der Waals surface area contributed by atoms with Gasteiger partial charge in [-0.2, -0.15) is 0 Å². The number of hydrogen-bond acceptors (Lipinski definition) is 2. The largest absolute Gasteiger partial charge is 0.340 e. The Bertz CT molecular complexity index is 428. The first-order valence-corrected chi connectivity index (χ1v) is 6.79. The van der Waals surface area contributed by atoms with Crippen molar-refractivity contribution >= 4 is 17.5 Å². The van der Waals surface area contributed by atoms with Crippen LogP contribution in [0.4, 0.5) is 0 Å². The molecule has 1 amide bonds. The Morgan fingerprint density at radius 2 is 2.11 bits per heavy atom. The second-order valence-corrected chi connectivity index (χ2v) is 5.06. The van der Waals surface area contributed by atoms with E-state index < -0.39 is 0 Å². The zero-order chi connectivity index (χ0) is 13.0. The molecule has 18 heavy (non-hydrogen) atoms. The van der Waals surface area contributed by atoms with E-state index in [0.29, 0.717) is 6.42 Å². The molecule has 98 valence electrons. The van der Waals surface area contributed by atoms with E-state index in [1.807, 2.05) is 30.0 Å². The molecule has 0 aromatic heterocycles. The summed E-state index contributed by atoms with van der Waals surface area (Å²) in [6.07, 6.45) is 1.34. The van der Waals surface area contributed by atoms with E-state index in [2.05, 4.69) is 5.32 Å². The van der Waals surface area contributed by atoms with Gasteiger partial charge in [-0.1, -0.05) is 23.7 Å². The Hall–Kier alpha value is -1.06. The first kappa shape index (κ1) is 13.4. The van der Waals surface area contributed by atoms with Gasteiger partial charge >= 0.3 is 0 Å². The lowest BCUT2D eigenvalue weighted by molar-refractivity contribution is -0.131. The molecule has 0 radical (unpaired) electrons. The van der Waals surface area contributed by atoms with E-state index in [-0.39, 0.29) is 5.91 Å². The van der Waals surface area contributed by atoms with Crippen LogP contribution in [0.3, 0.4) is 0 Å². The first-order valence-electron chi connectivity index (χ1n) is 6.41. The number of piperazine rings is 1. The summed E-state index contributed by atoms with van der Waals surface area (Å²) in [7, 11) is 0. The van der Waals surface area contributed by atoms with Gasteiger partial charge in [0.1, 0.15) is 0 Å². The summed E-state index contributed by atoms with van der Waals surface area (Å²) in [5.74, 6) is 0.246. The van der Waals surface area contributed by atoms with Gasteiger partial charge in [0.25, 0.3) is 0 Å². The molecule has 0 bridgehead atoms. The summed E-state index contributed by atoms with van der Waals surface area (Å²) in [4.78, 5) is 14.0. The maximum atomic E-state index is 12.0. The molecule has 0 saturated carbocycles. The predicted octanol–water partition coefficient (Wildman–Crippen LogP) is 2.01. The molecule has 1 N–H and O–H groups in total. The van der Waals surface area contributed by atoms with Crippen molar-refractivity contribution < 1.29 is 4.79 Å². The number of carbonyl (C=O) groups is 1. The minimum absolute atomic E-state index is 0.246. The van der Waals surface area contributed by atoms with Crippen molar-refractivity contribution in [3.8, 4) is 0 Å². The highest BCUT2D eigenvalue weighted by Crippen LogP contribution is 2.20. The van der Waals surface area contributed by atoms with Crippen LogP contribution in [0.2, 0.25) is 5.02 Å². The molecule has 0 spiro atoms. The summed E-state index contributed by atoms with van der Waals surface area (Å²) in [5, 5.41) is 4.03. The van der Waals surface area contributed by atoms with E-state index in [0.717, 1.165) is 43.2 Å². The Balaban J connectivity index is 1.90. The lowest BCUT2D eigenvalue weighted by Gasteiger charge is -2.27. The second kappa shape index (κ2) is 6.21. The zero-order valence-corrected chi connectivity index (χ0v) is 11.5. The Kier molecular flexibility index (Phi) is 4.61. The standard InChI is InChI=1S/C14H19ClN2O/c1-11-12(3-2-4-13(11)15)5-6-14(18)17-9-7-16-8-10-17/h2-4,16H,5-10H2,1H3. The topological polar surface area (TPSA) is 32.3 Å². The minimum atomic E-state index is 0.246. The third kappa shape index (κ3) is 3.24. The SMILES string of the molecule is Cc1c(Cl)cccc1CCC(=O)N1CCNCC1. The fourth-order valence-corrected chi connectivity index (χ4v) is 2.43. The molecule has 4 heteroatoms. The van der Waals surface area contributed by atoms with E-state index in [1.54, 1.807) is 0 Å². The zero-order valence-electron chi connectivity index (χ0n) is 10.7. The van der Waals surface area contributed by atoms with Gasteiger partial charge in [0.05, 0.1) is 0 Å². The fraction of sp³-hybridized carbons (Fsp3) is 0.500. The van der Waals surface area contributed by atoms with E-state index in [4.69, 9.17) is 11.6 Å². The first-order chi connectivity index (χ1) is 8.68. The number of carbonyl (C=O) groups excluding carboxylic acids is 1. The number of nitrogens with one attached hydrogen (secondary N) is 1.